The predicted octanol–water partition coefficient (Wildman–Crippen LogP) is 3.76. The largest absolute Gasteiger partial charge is 0.492 e. The van der Waals surface area contributed by atoms with Gasteiger partial charge in [0, 0.05) is 7.85 Å². The molecule has 0 spiro atoms. The maximum absolute atomic E-state index is 11.9. The average molecular weight is 319 g/mol. The zero-order valence-electron chi connectivity index (χ0n) is 10.7. The van der Waals surface area contributed by atoms with E-state index in [9.17, 15) is 4.39 Å². The smallest absolute Gasteiger partial charge is 0.133 e. The Balaban J connectivity index is 0. The summed E-state index contributed by atoms with van der Waals surface area (Å²) in [5.74, 6) is 1.28. The highest BCUT2D eigenvalue weighted by Gasteiger charge is 2.02. The molecule has 2 N–H and O–H groups in total. The summed E-state index contributed by atoms with van der Waals surface area (Å²) in [5, 5.41) is 0. The molecule has 0 amide bonds. The molecule has 1 aromatic carbocycles. The van der Waals surface area contributed by atoms with E-state index < -0.39 is 0 Å². The van der Waals surface area contributed by atoms with Crippen molar-refractivity contribution in [3.63, 3.8) is 0 Å². The molecule has 0 unspecified atom stereocenters. The maximum atomic E-state index is 11.9. The highest BCUT2D eigenvalue weighted by molar-refractivity contribution is 9.10. The molecule has 0 bridgehead atoms. The zero-order valence-corrected chi connectivity index (χ0v) is 12.3. The number of hydrogen-bond acceptors (Lipinski definition) is 2. The minimum atomic E-state index is -0.361. The van der Waals surface area contributed by atoms with Crippen LogP contribution in [0, 0.1) is 7.43 Å². The van der Waals surface area contributed by atoms with Crippen LogP contribution in [0.4, 0.5) is 4.39 Å². The van der Waals surface area contributed by atoms with Crippen molar-refractivity contribution in [2.24, 2.45) is 10.7 Å². The molecule has 0 aliphatic rings. The molecule has 5 heteroatoms. The lowest BCUT2D eigenvalue weighted by Crippen LogP contribution is -2.05. The summed E-state index contributed by atoms with van der Waals surface area (Å²) in [7, 11) is 0. The van der Waals surface area contributed by atoms with Gasteiger partial charge in [-0.25, -0.2) is 0 Å². The minimum absolute atomic E-state index is 0. The van der Waals surface area contributed by atoms with E-state index in [1.165, 1.54) is 0 Å². The van der Waals surface area contributed by atoms with Crippen molar-refractivity contribution < 1.29 is 10.6 Å². The molecule has 3 nitrogen and oxygen atoms in total. The van der Waals surface area contributed by atoms with Crippen molar-refractivity contribution in [1.29, 1.82) is 0 Å². The van der Waals surface area contributed by atoms with Gasteiger partial charge in [0.1, 0.15) is 5.75 Å². The average Bonchev–Trinajstić information content (AvgIpc) is 2.29. The summed E-state index contributed by atoms with van der Waals surface area (Å²) in [6.45, 7) is 2.32. The van der Waals surface area contributed by atoms with Gasteiger partial charge < -0.3 is 17.9 Å². The Labute approximate surface area is 118 Å². The number of hydrogen-bond donors (Lipinski definition) is 1. The standard InChI is InChI=1S/C12H16BrFN2O.CH3.H2/c1-9(15)16-8-10-3-4-12(11(13)7-10)17-6-2-5-14;;/h3-4,7H,2,5-6,8H2,1H3,(H2,15,16);1H3;1H/q;-1;/i14-1;;. The lowest BCUT2D eigenvalue weighted by molar-refractivity contribution is 0.288. The normalized spacial score (nSPS) is 10.9. The quantitative estimate of drug-likeness (QED) is 0.376. The van der Waals surface area contributed by atoms with Crippen LogP contribution in [0.3, 0.4) is 0 Å². The van der Waals surface area contributed by atoms with E-state index in [2.05, 4.69) is 20.9 Å². The fraction of sp³-hybridized carbons (Fsp3) is 0.385. The van der Waals surface area contributed by atoms with Crippen LogP contribution in [-0.2, 0) is 6.54 Å². The third kappa shape index (κ3) is 6.00. The Morgan fingerprint density at radius 3 is 2.83 bits per heavy atom. The Kier molecular flexibility index (Phi) is 8.37. The first-order valence-corrected chi connectivity index (χ1v) is 6.16. The minimum Gasteiger partial charge on any atom is -0.492 e. The molecular weight excluding hydrogens is 298 g/mol. The van der Waals surface area contributed by atoms with Crippen molar-refractivity contribution in [3.05, 3.63) is 35.7 Å². The molecule has 0 aromatic heterocycles. The molecule has 0 aliphatic carbocycles. The second-order valence-corrected chi connectivity index (χ2v) is 4.47. The zero-order chi connectivity index (χ0) is 12.7. The highest BCUT2D eigenvalue weighted by Crippen LogP contribution is 2.26. The number of benzene rings is 1. The van der Waals surface area contributed by atoms with Crippen LogP contribution >= 0.6 is 15.9 Å². The number of rotatable bonds is 6. The van der Waals surface area contributed by atoms with Gasteiger partial charge in [-0.1, -0.05) is 6.07 Å². The third-order valence-electron chi connectivity index (χ3n) is 2.04. The van der Waals surface area contributed by atoms with E-state index in [0.717, 1.165) is 15.8 Å². The van der Waals surface area contributed by atoms with Crippen molar-refractivity contribution in [2.45, 2.75) is 19.9 Å². The van der Waals surface area contributed by atoms with Crippen molar-refractivity contribution in [2.75, 3.05) is 13.3 Å². The maximum Gasteiger partial charge on any atom is 0.133 e. The van der Waals surface area contributed by atoms with Crippen molar-refractivity contribution >= 4 is 21.8 Å². The Hall–Kier alpha value is -1.10. The van der Waals surface area contributed by atoms with Gasteiger partial charge in [-0.15, -0.1) is 0 Å². The summed E-state index contributed by atoms with van der Waals surface area (Å²) in [6, 6.07) is 5.69. The van der Waals surface area contributed by atoms with E-state index in [4.69, 9.17) is 10.5 Å². The number of alkyl halides is 1. The van der Waals surface area contributed by atoms with Gasteiger partial charge in [0.25, 0.3) is 0 Å². The number of aliphatic imine (C=N–C) groups is 1. The summed E-state index contributed by atoms with van der Waals surface area (Å²) in [5.41, 5.74) is 6.51. The van der Waals surface area contributed by atoms with Crippen LogP contribution in [0.2, 0.25) is 0 Å². The van der Waals surface area contributed by atoms with Crippen LogP contribution in [0.25, 0.3) is 0 Å². The molecule has 104 valence electrons. The van der Waals surface area contributed by atoms with Gasteiger partial charge in [-0.05, 0) is 40.5 Å². The molecule has 0 radical (unpaired) electrons. The first kappa shape index (κ1) is 16.9. The molecule has 0 atom stereocenters. The number of halogens is 2. The van der Waals surface area contributed by atoms with E-state index in [1.807, 2.05) is 18.2 Å². The van der Waals surface area contributed by atoms with E-state index in [-0.39, 0.29) is 15.5 Å². The SMILES string of the molecule is CC(N)=NCc1ccc(OCCC[18F])c(Br)c1.[CH3-].[HH]. The van der Waals surface area contributed by atoms with Crippen LogP contribution in [0.15, 0.2) is 27.7 Å². The van der Waals surface area contributed by atoms with Gasteiger partial charge in [0.2, 0.25) is 0 Å². The topological polar surface area (TPSA) is 47.6 Å². The Bertz CT molecular complexity index is 398. The van der Waals surface area contributed by atoms with Crippen LogP contribution in [0.1, 0.15) is 20.3 Å². The molecule has 0 fully saturated rings. The van der Waals surface area contributed by atoms with E-state index >= 15 is 0 Å². The molecule has 1 aromatic rings. The number of nitrogens with zero attached hydrogens (tertiary/aromatic N) is 1. The summed E-state index contributed by atoms with van der Waals surface area (Å²) < 4.78 is 18.2. The number of ether oxygens (including phenoxy) is 1. The van der Waals surface area contributed by atoms with Crippen molar-refractivity contribution in [3.8, 4) is 5.75 Å². The van der Waals surface area contributed by atoms with Crippen LogP contribution < -0.4 is 10.5 Å². The number of nitrogens with two attached hydrogens (primary N) is 1. The van der Waals surface area contributed by atoms with Gasteiger partial charge in [0.15, 0.2) is 0 Å². The predicted molar refractivity (Wildman–Crippen MR) is 79.8 cm³/mol. The van der Waals surface area contributed by atoms with Crippen LogP contribution in [0.5, 0.6) is 5.75 Å². The monoisotopic (exact) mass is 318 g/mol. The molecule has 0 heterocycles. The number of amidine groups is 1. The molecule has 0 aliphatic heterocycles. The highest BCUT2D eigenvalue weighted by atomic mass is 79.9. The molecular formula is C13H21BrFN2O-. The fourth-order valence-electron chi connectivity index (χ4n) is 1.21. The van der Waals surface area contributed by atoms with Gasteiger partial charge in [-0.2, -0.15) is 0 Å². The third-order valence-corrected chi connectivity index (χ3v) is 2.66. The van der Waals surface area contributed by atoms with Gasteiger partial charge in [-0.3, -0.25) is 9.38 Å². The summed E-state index contributed by atoms with van der Waals surface area (Å²) >= 11 is 3.41. The second kappa shape index (κ2) is 8.91. The lowest BCUT2D eigenvalue weighted by Gasteiger charge is -2.08. The fourth-order valence-corrected chi connectivity index (χ4v) is 1.75. The Morgan fingerprint density at radius 1 is 1.56 bits per heavy atom. The molecule has 1 rings (SSSR count). The van der Waals surface area contributed by atoms with Gasteiger partial charge in [0.05, 0.1) is 30.1 Å². The van der Waals surface area contributed by atoms with E-state index in [0.29, 0.717) is 25.4 Å². The summed E-state index contributed by atoms with van der Waals surface area (Å²) in [6.07, 6.45) is 0.408. The van der Waals surface area contributed by atoms with Gasteiger partial charge >= 0.3 is 0 Å². The first-order valence-electron chi connectivity index (χ1n) is 5.37. The molecule has 18 heavy (non-hydrogen) atoms. The second-order valence-electron chi connectivity index (χ2n) is 3.61. The Morgan fingerprint density at radius 2 is 2.28 bits per heavy atom. The summed E-state index contributed by atoms with van der Waals surface area (Å²) in [4.78, 5) is 4.12. The van der Waals surface area contributed by atoms with Crippen molar-refractivity contribution in [1.82, 2.24) is 0 Å². The lowest BCUT2D eigenvalue weighted by atomic mass is 10.2. The van der Waals surface area contributed by atoms with E-state index in [1.54, 1.807) is 6.92 Å². The van der Waals surface area contributed by atoms with Crippen LogP contribution in [-0.4, -0.2) is 19.1 Å². The molecule has 0 saturated carbocycles. The molecule has 0 saturated heterocycles. The first-order chi connectivity index (χ1) is 8.13.